The maximum absolute atomic E-state index is 12.5. The molecule has 0 aromatic heterocycles. The van der Waals surface area contributed by atoms with Crippen LogP contribution in [0.15, 0.2) is 30.3 Å². The van der Waals surface area contributed by atoms with Gasteiger partial charge in [-0.05, 0) is 24.8 Å². The second-order valence-electron chi connectivity index (χ2n) is 4.45. The number of alkyl halides is 2. The zero-order valence-electron chi connectivity index (χ0n) is 10.7. The zero-order valence-corrected chi connectivity index (χ0v) is 10.7. The van der Waals surface area contributed by atoms with Crippen molar-refractivity contribution in [1.82, 2.24) is 0 Å². The molecule has 1 atom stereocenters. The van der Waals surface area contributed by atoms with Crippen molar-refractivity contribution in [1.29, 1.82) is 5.26 Å². The Bertz CT molecular complexity index is 406. The molecule has 1 aromatic rings. The molecule has 1 aromatic carbocycles. The van der Waals surface area contributed by atoms with Crippen LogP contribution >= 0.6 is 0 Å². The Kier molecular flexibility index (Phi) is 6.40. The van der Waals surface area contributed by atoms with Gasteiger partial charge in [0.25, 0.3) is 6.43 Å². The van der Waals surface area contributed by atoms with Crippen LogP contribution < -0.4 is 5.73 Å². The third-order valence-electron chi connectivity index (χ3n) is 2.84. The van der Waals surface area contributed by atoms with Gasteiger partial charge in [-0.25, -0.2) is 8.78 Å². The first-order valence-corrected chi connectivity index (χ1v) is 6.18. The van der Waals surface area contributed by atoms with Crippen molar-refractivity contribution in [3.05, 3.63) is 35.9 Å². The zero-order chi connectivity index (χ0) is 14.1. The molecule has 5 heteroatoms. The summed E-state index contributed by atoms with van der Waals surface area (Å²) in [6, 6.07) is 11.2. The summed E-state index contributed by atoms with van der Waals surface area (Å²) in [7, 11) is 0. The normalized spacial score (nSPS) is 14.1. The minimum atomic E-state index is -2.82. The van der Waals surface area contributed by atoms with Crippen molar-refractivity contribution in [2.24, 2.45) is 5.73 Å². The van der Waals surface area contributed by atoms with Gasteiger partial charge in [-0.3, -0.25) is 0 Å². The Balaban J connectivity index is 2.14. The first-order valence-electron chi connectivity index (χ1n) is 6.18. The highest BCUT2D eigenvalue weighted by Crippen LogP contribution is 2.19. The standard InChI is InChI=1S/C14H18F2N2O/c15-13(16)14(18,11-17)8-4-5-9-19-10-12-6-2-1-3-7-12/h1-3,6-7,13H,4-5,8-10,18H2. The van der Waals surface area contributed by atoms with E-state index < -0.39 is 12.0 Å². The van der Waals surface area contributed by atoms with Crippen molar-refractivity contribution in [2.45, 2.75) is 37.8 Å². The maximum atomic E-state index is 12.5. The van der Waals surface area contributed by atoms with Gasteiger partial charge in [0.15, 0.2) is 5.54 Å². The van der Waals surface area contributed by atoms with Crippen LogP contribution in [0.1, 0.15) is 24.8 Å². The molecule has 0 heterocycles. The third kappa shape index (κ3) is 5.33. The van der Waals surface area contributed by atoms with E-state index in [0.29, 0.717) is 26.1 Å². The van der Waals surface area contributed by atoms with Gasteiger partial charge >= 0.3 is 0 Å². The molecule has 0 spiro atoms. The highest BCUT2D eigenvalue weighted by atomic mass is 19.3. The number of rotatable bonds is 8. The van der Waals surface area contributed by atoms with E-state index in [9.17, 15) is 8.78 Å². The highest BCUT2D eigenvalue weighted by Gasteiger charge is 2.35. The smallest absolute Gasteiger partial charge is 0.269 e. The Morgan fingerprint density at radius 1 is 1.26 bits per heavy atom. The monoisotopic (exact) mass is 268 g/mol. The number of halogens is 2. The molecule has 0 saturated heterocycles. The molecule has 3 nitrogen and oxygen atoms in total. The number of unbranched alkanes of at least 4 members (excludes halogenated alkanes) is 1. The molecule has 0 bridgehead atoms. The summed E-state index contributed by atoms with van der Waals surface area (Å²) in [5, 5.41) is 8.62. The number of hydrogen-bond donors (Lipinski definition) is 1. The lowest BCUT2D eigenvalue weighted by Crippen LogP contribution is -2.45. The second kappa shape index (κ2) is 7.82. The average Bonchev–Trinajstić information content (AvgIpc) is 2.43. The summed E-state index contributed by atoms with van der Waals surface area (Å²) in [5.41, 5.74) is 4.34. The number of benzene rings is 1. The number of nitriles is 1. The van der Waals surface area contributed by atoms with Crippen molar-refractivity contribution < 1.29 is 13.5 Å². The predicted molar refractivity (Wildman–Crippen MR) is 68.5 cm³/mol. The van der Waals surface area contributed by atoms with Crippen LogP contribution in [0.2, 0.25) is 0 Å². The van der Waals surface area contributed by atoms with Crippen molar-refractivity contribution in [3.63, 3.8) is 0 Å². The predicted octanol–water partition coefficient (Wildman–Crippen LogP) is 2.86. The van der Waals surface area contributed by atoms with Crippen LogP contribution in [0.5, 0.6) is 0 Å². The van der Waals surface area contributed by atoms with Gasteiger partial charge in [-0.1, -0.05) is 30.3 Å². The van der Waals surface area contributed by atoms with E-state index in [1.165, 1.54) is 6.07 Å². The summed E-state index contributed by atoms with van der Waals surface area (Å²) in [4.78, 5) is 0. The lowest BCUT2D eigenvalue weighted by molar-refractivity contribution is 0.0727. The summed E-state index contributed by atoms with van der Waals surface area (Å²) >= 11 is 0. The Labute approximate surface area is 112 Å². The molecule has 104 valence electrons. The Hall–Kier alpha value is -1.51. The molecule has 2 N–H and O–H groups in total. The fraction of sp³-hybridized carbons (Fsp3) is 0.500. The van der Waals surface area contributed by atoms with Crippen LogP contribution in [0.4, 0.5) is 8.78 Å². The summed E-state index contributed by atoms with van der Waals surface area (Å²) in [6.07, 6.45) is -1.78. The van der Waals surface area contributed by atoms with Crippen LogP contribution in [-0.4, -0.2) is 18.6 Å². The van der Waals surface area contributed by atoms with Gasteiger partial charge in [0.05, 0.1) is 12.7 Å². The molecule has 0 amide bonds. The molecule has 19 heavy (non-hydrogen) atoms. The van der Waals surface area contributed by atoms with Gasteiger partial charge < -0.3 is 10.5 Å². The van der Waals surface area contributed by atoms with Gasteiger partial charge in [0.2, 0.25) is 0 Å². The number of hydrogen-bond acceptors (Lipinski definition) is 3. The number of nitrogens with two attached hydrogens (primary N) is 1. The molecule has 0 aliphatic heterocycles. The van der Waals surface area contributed by atoms with Crippen LogP contribution in [0.3, 0.4) is 0 Å². The molecule has 0 aliphatic carbocycles. The minimum Gasteiger partial charge on any atom is -0.377 e. The van der Waals surface area contributed by atoms with E-state index in [1.54, 1.807) is 0 Å². The lowest BCUT2D eigenvalue weighted by Gasteiger charge is -2.19. The van der Waals surface area contributed by atoms with E-state index in [1.807, 2.05) is 30.3 Å². The fourth-order valence-electron chi connectivity index (χ4n) is 1.60. The van der Waals surface area contributed by atoms with E-state index in [4.69, 9.17) is 15.7 Å². The SMILES string of the molecule is N#CC(N)(CCCCOCc1ccccc1)C(F)F. The largest absolute Gasteiger partial charge is 0.377 e. The molecule has 0 aliphatic rings. The topological polar surface area (TPSA) is 59.0 Å². The molecule has 0 fully saturated rings. The quantitative estimate of drug-likeness (QED) is 0.737. The lowest BCUT2D eigenvalue weighted by atomic mass is 9.96. The Morgan fingerprint density at radius 2 is 1.95 bits per heavy atom. The van der Waals surface area contributed by atoms with Crippen LogP contribution in [0, 0.1) is 11.3 Å². The van der Waals surface area contributed by atoms with E-state index >= 15 is 0 Å². The van der Waals surface area contributed by atoms with Crippen molar-refractivity contribution >= 4 is 0 Å². The van der Waals surface area contributed by atoms with Crippen molar-refractivity contribution in [3.8, 4) is 6.07 Å². The fourth-order valence-corrected chi connectivity index (χ4v) is 1.60. The number of nitrogens with zero attached hydrogens (tertiary/aromatic N) is 1. The van der Waals surface area contributed by atoms with Gasteiger partial charge in [-0.15, -0.1) is 0 Å². The van der Waals surface area contributed by atoms with E-state index in [0.717, 1.165) is 5.56 Å². The van der Waals surface area contributed by atoms with Crippen molar-refractivity contribution in [2.75, 3.05) is 6.61 Å². The molecular weight excluding hydrogens is 250 g/mol. The van der Waals surface area contributed by atoms with Gasteiger partial charge in [0, 0.05) is 6.61 Å². The molecule has 1 unspecified atom stereocenters. The first-order chi connectivity index (χ1) is 9.08. The summed E-state index contributed by atoms with van der Waals surface area (Å²) in [6.45, 7) is 0.974. The minimum absolute atomic E-state index is 0.0180. The molecule has 0 radical (unpaired) electrons. The highest BCUT2D eigenvalue weighted by molar-refractivity contribution is 5.13. The molecular formula is C14H18F2N2O. The van der Waals surface area contributed by atoms with Crippen LogP contribution in [0.25, 0.3) is 0 Å². The van der Waals surface area contributed by atoms with Gasteiger partial charge in [0.1, 0.15) is 0 Å². The van der Waals surface area contributed by atoms with E-state index in [-0.39, 0.29) is 6.42 Å². The summed E-state index contributed by atoms with van der Waals surface area (Å²) < 4.78 is 30.4. The average molecular weight is 268 g/mol. The summed E-state index contributed by atoms with van der Waals surface area (Å²) in [5.74, 6) is 0. The van der Waals surface area contributed by atoms with E-state index in [2.05, 4.69) is 0 Å². The maximum Gasteiger partial charge on any atom is 0.269 e. The van der Waals surface area contributed by atoms with Crippen LogP contribution in [-0.2, 0) is 11.3 Å². The second-order valence-corrected chi connectivity index (χ2v) is 4.45. The first kappa shape index (κ1) is 15.5. The third-order valence-corrected chi connectivity index (χ3v) is 2.84. The molecule has 1 rings (SSSR count). The Morgan fingerprint density at radius 3 is 2.53 bits per heavy atom. The van der Waals surface area contributed by atoms with Gasteiger partial charge in [-0.2, -0.15) is 5.26 Å². The molecule has 0 saturated carbocycles. The number of ether oxygens (including phenoxy) is 1.